The molecule has 0 spiro atoms. The molecule has 5 heteroatoms. The Morgan fingerprint density at radius 1 is 1.47 bits per heavy atom. The molecule has 0 atom stereocenters. The maximum Gasteiger partial charge on any atom is 0.188 e. The SMILES string of the molecule is CN=C(N)NCCOc1ccc(Cl)cc1. The van der Waals surface area contributed by atoms with Crippen LogP contribution in [0.5, 0.6) is 5.75 Å². The Morgan fingerprint density at radius 2 is 2.13 bits per heavy atom. The van der Waals surface area contributed by atoms with E-state index in [1.165, 1.54) is 0 Å². The molecule has 15 heavy (non-hydrogen) atoms. The number of halogens is 1. The van der Waals surface area contributed by atoms with Gasteiger partial charge in [0.25, 0.3) is 0 Å². The Bertz CT molecular complexity index is 324. The summed E-state index contributed by atoms with van der Waals surface area (Å²) in [5, 5.41) is 3.59. The first-order valence-electron chi connectivity index (χ1n) is 4.57. The summed E-state index contributed by atoms with van der Waals surface area (Å²) in [7, 11) is 1.63. The van der Waals surface area contributed by atoms with Crippen LogP contribution in [0, 0.1) is 0 Å². The predicted molar refractivity (Wildman–Crippen MR) is 62.5 cm³/mol. The van der Waals surface area contributed by atoms with Gasteiger partial charge in [0.1, 0.15) is 12.4 Å². The van der Waals surface area contributed by atoms with Crippen molar-refractivity contribution in [3.05, 3.63) is 29.3 Å². The minimum Gasteiger partial charge on any atom is -0.492 e. The van der Waals surface area contributed by atoms with Gasteiger partial charge >= 0.3 is 0 Å². The van der Waals surface area contributed by atoms with Crippen LogP contribution in [0.3, 0.4) is 0 Å². The fraction of sp³-hybridized carbons (Fsp3) is 0.300. The predicted octanol–water partition coefficient (Wildman–Crippen LogP) is 1.25. The molecular formula is C10H14ClN3O. The van der Waals surface area contributed by atoms with Crippen molar-refractivity contribution in [2.75, 3.05) is 20.2 Å². The first kappa shape index (κ1) is 11.7. The van der Waals surface area contributed by atoms with Gasteiger partial charge in [-0.05, 0) is 24.3 Å². The smallest absolute Gasteiger partial charge is 0.188 e. The Hall–Kier alpha value is -1.42. The summed E-state index contributed by atoms with van der Waals surface area (Å²) in [6.45, 7) is 1.14. The van der Waals surface area contributed by atoms with Gasteiger partial charge in [-0.1, -0.05) is 11.6 Å². The summed E-state index contributed by atoms with van der Waals surface area (Å²) in [5.74, 6) is 1.20. The van der Waals surface area contributed by atoms with Crippen LogP contribution in [-0.4, -0.2) is 26.2 Å². The second-order valence-corrected chi connectivity index (χ2v) is 3.27. The molecule has 0 bridgehead atoms. The molecule has 1 rings (SSSR count). The van der Waals surface area contributed by atoms with E-state index in [2.05, 4.69) is 10.3 Å². The van der Waals surface area contributed by atoms with E-state index in [1.54, 1.807) is 19.2 Å². The van der Waals surface area contributed by atoms with Gasteiger partial charge < -0.3 is 15.8 Å². The van der Waals surface area contributed by atoms with Gasteiger partial charge in [-0.25, -0.2) is 0 Å². The van der Waals surface area contributed by atoms with Crippen LogP contribution in [0.4, 0.5) is 0 Å². The second-order valence-electron chi connectivity index (χ2n) is 2.84. The molecule has 0 aromatic heterocycles. The average molecular weight is 228 g/mol. The third-order valence-electron chi connectivity index (χ3n) is 1.73. The van der Waals surface area contributed by atoms with E-state index in [1.807, 2.05) is 12.1 Å². The molecule has 0 unspecified atom stereocenters. The Kier molecular flexibility index (Phi) is 4.77. The summed E-state index contributed by atoms with van der Waals surface area (Å²) >= 11 is 5.73. The van der Waals surface area contributed by atoms with E-state index in [9.17, 15) is 0 Å². The van der Waals surface area contributed by atoms with Crippen LogP contribution in [0.25, 0.3) is 0 Å². The number of hydrogen-bond acceptors (Lipinski definition) is 2. The monoisotopic (exact) mass is 227 g/mol. The highest BCUT2D eigenvalue weighted by Crippen LogP contribution is 2.14. The lowest BCUT2D eigenvalue weighted by molar-refractivity contribution is 0.322. The molecule has 0 saturated carbocycles. The number of hydrogen-bond donors (Lipinski definition) is 2. The number of nitrogens with zero attached hydrogens (tertiary/aromatic N) is 1. The molecule has 0 fully saturated rings. The Labute approximate surface area is 94.1 Å². The number of nitrogens with two attached hydrogens (primary N) is 1. The summed E-state index contributed by atoms with van der Waals surface area (Å²) in [6, 6.07) is 7.21. The molecule has 0 saturated heterocycles. The van der Waals surface area contributed by atoms with Gasteiger partial charge in [-0.3, -0.25) is 4.99 Å². The summed E-state index contributed by atoms with van der Waals surface area (Å²) in [6.07, 6.45) is 0. The summed E-state index contributed by atoms with van der Waals surface area (Å²) < 4.78 is 5.42. The maximum atomic E-state index is 5.73. The van der Waals surface area contributed by atoms with E-state index in [4.69, 9.17) is 22.1 Å². The number of ether oxygens (including phenoxy) is 1. The molecule has 0 heterocycles. The minimum atomic E-state index is 0.412. The average Bonchev–Trinajstić information content (AvgIpc) is 2.26. The van der Waals surface area contributed by atoms with Crippen LogP contribution >= 0.6 is 11.6 Å². The van der Waals surface area contributed by atoms with Crippen LogP contribution in [0.15, 0.2) is 29.3 Å². The van der Waals surface area contributed by atoms with E-state index in [0.717, 1.165) is 5.75 Å². The van der Waals surface area contributed by atoms with Crippen molar-refractivity contribution in [3.8, 4) is 5.75 Å². The lowest BCUT2D eigenvalue weighted by atomic mass is 10.3. The third-order valence-corrected chi connectivity index (χ3v) is 1.98. The van der Waals surface area contributed by atoms with Crippen LogP contribution in [-0.2, 0) is 0 Å². The number of nitrogens with one attached hydrogen (secondary N) is 1. The van der Waals surface area contributed by atoms with E-state index < -0.39 is 0 Å². The van der Waals surface area contributed by atoms with Crippen LogP contribution in [0.1, 0.15) is 0 Å². The maximum absolute atomic E-state index is 5.73. The van der Waals surface area contributed by atoms with Gasteiger partial charge in [-0.2, -0.15) is 0 Å². The fourth-order valence-corrected chi connectivity index (χ4v) is 1.08. The molecule has 82 valence electrons. The lowest BCUT2D eigenvalue weighted by Crippen LogP contribution is -2.34. The topological polar surface area (TPSA) is 59.6 Å². The van der Waals surface area contributed by atoms with Crippen molar-refractivity contribution in [1.29, 1.82) is 0 Å². The molecule has 1 aromatic carbocycles. The van der Waals surface area contributed by atoms with Crippen molar-refractivity contribution in [3.63, 3.8) is 0 Å². The molecule has 0 amide bonds. The molecule has 4 nitrogen and oxygen atoms in total. The van der Waals surface area contributed by atoms with E-state index in [0.29, 0.717) is 24.1 Å². The summed E-state index contributed by atoms with van der Waals surface area (Å²) in [4.78, 5) is 3.75. The molecule has 1 aromatic rings. The fourth-order valence-electron chi connectivity index (χ4n) is 0.958. The van der Waals surface area contributed by atoms with Crippen molar-refractivity contribution < 1.29 is 4.74 Å². The standard InChI is InChI=1S/C10H14ClN3O/c1-13-10(12)14-6-7-15-9-4-2-8(11)3-5-9/h2-5H,6-7H2,1H3,(H3,12,13,14). The van der Waals surface area contributed by atoms with E-state index in [-0.39, 0.29) is 0 Å². The highest BCUT2D eigenvalue weighted by Gasteiger charge is 1.93. The number of benzene rings is 1. The van der Waals surface area contributed by atoms with Gasteiger partial charge in [0, 0.05) is 12.1 Å². The molecule has 0 aliphatic heterocycles. The minimum absolute atomic E-state index is 0.412. The molecule has 0 aliphatic carbocycles. The second kappa shape index (κ2) is 6.14. The highest BCUT2D eigenvalue weighted by atomic mass is 35.5. The first-order valence-corrected chi connectivity index (χ1v) is 4.94. The van der Waals surface area contributed by atoms with Gasteiger partial charge in [0.05, 0.1) is 6.54 Å². The zero-order chi connectivity index (χ0) is 11.1. The van der Waals surface area contributed by atoms with Gasteiger partial charge in [-0.15, -0.1) is 0 Å². The normalized spacial score (nSPS) is 11.2. The first-order chi connectivity index (χ1) is 7.22. The zero-order valence-corrected chi connectivity index (χ0v) is 9.29. The van der Waals surface area contributed by atoms with Crippen molar-refractivity contribution in [1.82, 2.24) is 5.32 Å². The van der Waals surface area contributed by atoms with Gasteiger partial charge in [0.15, 0.2) is 5.96 Å². The van der Waals surface area contributed by atoms with Crippen LogP contribution in [0.2, 0.25) is 5.02 Å². The molecule has 0 radical (unpaired) electrons. The molecule has 0 aliphatic rings. The number of guanidine groups is 1. The zero-order valence-electron chi connectivity index (χ0n) is 8.53. The van der Waals surface area contributed by atoms with E-state index >= 15 is 0 Å². The third kappa shape index (κ3) is 4.56. The largest absolute Gasteiger partial charge is 0.492 e. The summed E-state index contributed by atoms with van der Waals surface area (Å²) in [5.41, 5.74) is 5.44. The van der Waals surface area contributed by atoms with Crippen molar-refractivity contribution >= 4 is 17.6 Å². The highest BCUT2D eigenvalue weighted by molar-refractivity contribution is 6.30. The molecular weight excluding hydrogens is 214 g/mol. The Morgan fingerprint density at radius 3 is 2.73 bits per heavy atom. The van der Waals surface area contributed by atoms with Crippen molar-refractivity contribution in [2.45, 2.75) is 0 Å². The van der Waals surface area contributed by atoms with Crippen molar-refractivity contribution in [2.24, 2.45) is 10.7 Å². The quantitative estimate of drug-likeness (QED) is 0.463. The lowest BCUT2D eigenvalue weighted by Gasteiger charge is -2.07. The number of aliphatic imine (C=N–C) groups is 1. The number of rotatable bonds is 4. The Balaban J connectivity index is 2.23. The van der Waals surface area contributed by atoms with Crippen LogP contribution < -0.4 is 15.8 Å². The molecule has 3 N–H and O–H groups in total. The van der Waals surface area contributed by atoms with Gasteiger partial charge in [0.2, 0.25) is 0 Å².